The summed E-state index contributed by atoms with van der Waals surface area (Å²) in [5, 5.41) is 5.56. The number of fused-ring (bicyclic) bond motifs is 2. The molecule has 7 nitrogen and oxygen atoms in total. The minimum Gasteiger partial charge on any atom is -0.493 e. The molecule has 0 atom stereocenters. The van der Waals surface area contributed by atoms with Gasteiger partial charge in [-0.2, -0.15) is 0 Å². The molecule has 8 heteroatoms. The van der Waals surface area contributed by atoms with Crippen molar-refractivity contribution in [2.45, 2.75) is 33.1 Å². The molecule has 0 radical (unpaired) electrons. The first-order chi connectivity index (χ1) is 16.1. The molecule has 1 fully saturated rings. The van der Waals surface area contributed by atoms with E-state index >= 15 is 0 Å². The molecular weight excluding hydrogens is 450 g/mol. The molecule has 4 aromatic rings. The summed E-state index contributed by atoms with van der Waals surface area (Å²) < 4.78 is 11.7. The number of halogens is 1. The van der Waals surface area contributed by atoms with Crippen LogP contribution in [0.2, 0.25) is 0 Å². The van der Waals surface area contributed by atoms with E-state index < -0.39 is 0 Å². The van der Waals surface area contributed by atoms with Gasteiger partial charge in [-0.05, 0) is 76.0 Å². The van der Waals surface area contributed by atoms with Crippen LogP contribution in [0.5, 0.6) is 11.5 Å². The van der Waals surface area contributed by atoms with Gasteiger partial charge >= 0.3 is 0 Å². The van der Waals surface area contributed by atoms with Crippen LogP contribution in [-0.2, 0) is 0 Å². The summed E-state index contributed by atoms with van der Waals surface area (Å²) in [5.74, 6) is 2.15. The van der Waals surface area contributed by atoms with Crippen molar-refractivity contribution in [3.63, 3.8) is 0 Å². The van der Waals surface area contributed by atoms with Gasteiger partial charge in [0, 0.05) is 40.3 Å². The minimum atomic E-state index is 0. The number of aryl methyl sites for hydroxylation is 2. The summed E-state index contributed by atoms with van der Waals surface area (Å²) in [6.07, 6.45) is 5.21. The summed E-state index contributed by atoms with van der Waals surface area (Å²) in [5.41, 5.74) is 5.38. The first-order valence-corrected chi connectivity index (χ1v) is 11.7. The van der Waals surface area contributed by atoms with Crippen LogP contribution in [0.1, 0.15) is 30.5 Å². The fourth-order valence-corrected chi connectivity index (χ4v) is 4.59. The van der Waals surface area contributed by atoms with E-state index in [4.69, 9.17) is 9.47 Å². The monoisotopic (exact) mass is 481 g/mol. The number of likely N-dealkylation sites (tertiary alicyclic amines) is 1. The molecule has 1 aliphatic rings. The summed E-state index contributed by atoms with van der Waals surface area (Å²) >= 11 is 0. The van der Waals surface area contributed by atoms with Crippen molar-refractivity contribution in [3.05, 3.63) is 47.9 Å². The number of H-pyrrole nitrogens is 1. The maximum absolute atomic E-state index is 6.08. The Morgan fingerprint density at radius 2 is 1.85 bits per heavy atom. The van der Waals surface area contributed by atoms with Crippen LogP contribution in [-0.4, -0.2) is 53.2 Å². The van der Waals surface area contributed by atoms with Crippen molar-refractivity contribution in [1.82, 2.24) is 19.9 Å². The van der Waals surface area contributed by atoms with Gasteiger partial charge in [-0.1, -0.05) is 0 Å². The molecule has 3 heterocycles. The lowest BCUT2D eigenvalue weighted by Gasteiger charge is -2.16. The minimum absolute atomic E-state index is 0. The molecule has 0 bridgehead atoms. The Balaban J connectivity index is 0.00000274. The van der Waals surface area contributed by atoms with Crippen molar-refractivity contribution in [3.8, 4) is 11.5 Å². The van der Waals surface area contributed by atoms with Gasteiger partial charge in [-0.3, -0.25) is 0 Å². The van der Waals surface area contributed by atoms with Crippen molar-refractivity contribution in [2.75, 3.05) is 38.7 Å². The predicted octanol–water partition coefficient (Wildman–Crippen LogP) is 5.77. The van der Waals surface area contributed by atoms with Crippen LogP contribution in [0.4, 0.5) is 11.5 Å². The number of ether oxygens (including phenoxy) is 2. The molecule has 0 amide bonds. The Kier molecular flexibility index (Phi) is 7.44. The lowest BCUT2D eigenvalue weighted by atomic mass is 10.1. The van der Waals surface area contributed by atoms with Gasteiger partial charge in [0.05, 0.1) is 19.2 Å². The van der Waals surface area contributed by atoms with Crippen LogP contribution in [0.3, 0.4) is 0 Å². The molecule has 2 aromatic carbocycles. The van der Waals surface area contributed by atoms with Crippen LogP contribution >= 0.6 is 12.4 Å². The van der Waals surface area contributed by atoms with Crippen LogP contribution in [0.15, 0.2) is 36.7 Å². The zero-order chi connectivity index (χ0) is 22.8. The lowest BCUT2D eigenvalue weighted by molar-refractivity contribution is 0.254. The second-order valence-electron chi connectivity index (χ2n) is 8.75. The second kappa shape index (κ2) is 10.5. The fourth-order valence-electron chi connectivity index (χ4n) is 4.59. The third-order valence-corrected chi connectivity index (χ3v) is 6.57. The van der Waals surface area contributed by atoms with E-state index in [-0.39, 0.29) is 12.4 Å². The standard InChI is InChI=1S/C26H31N5O2.ClH/c1-17-18(2)29-22-8-7-19(13-20(17)22)30-26-21-14-24(32-3)25(15-23(21)27-16-28-26)33-12-6-11-31-9-4-5-10-31;/h7-8,13-16,29H,4-6,9-12H2,1-3H3,(H,27,28,30);1H. The fraction of sp³-hybridized carbons (Fsp3) is 0.385. The first-order valence-electron chi connectivity index (χ1n) is 11.7. The van der Waals surface area contributed by atoms with E-state index in [1.54, 1.807) is 13.4 Å². The van der Waals surface area contributed by atoms with Crippen LogP contribution in [0, 0.1) is 13.8 Å². The number of anilines is 2. The van der Waals surface area contributed by atoms with Gasteiger partial charge in [-0.15, -0.1) is 12.4 Å². The van der Waals surface area contributed by atoms with Gasteiger partial charge in [0.1, 0.15) is 12.1 Å². The Bertz CT molecular complexity index is 1280. The molecule has 0 spiro atoms. The van der Waals surface area contributed by atoms with Gasteiger partial charge in [0.2, 0.25) is 0 Å². The predicted molar refractivity (Wildman–Crippen MR) is 140 cm³/mol. The largest absolute Gasteiger partial charge is 0.493 e. The number of rotatable bonds is 8. The summed E-state index contributed by atoms with van der Waals surface area (Å²) in [4.78, 5) is 14.9. The summed E-state index contributed by atoms with van der Waals surface area (Å²) in [7, 11) is 1.67. The Hall–Kier alpha value is -3.03. The highest BCUT2D eigenvalue weighted by Gasteiger charge is 2.14. The molecule has 2 N–H and O–H groups in total. The van der Waals surface area contributed by atoms with Gasteiger partial charge < -0.3 is 24.7 Å². The van der Waals surface area contributed by atoms with Crippen molar-refractivity contribution < 1.29 is 9.47 Å². The topological polar surface area (TPSA) is 75.3 Å². The number of nitrogens with zero attached hydrogens (tertiary/aromatic N) is 3. The second-order valence-corrected chi connectivity index (χ2v) is 8.75. The first kappa shape index (κ1) is 24.1. The normalized spacial score (nSPS) is 13.9. The maximum atomic E-state index is 6.08. The quantitative estimate of drug-likeness (QED) is 0.311. The van der Waals surface area contributed by atoms with E-state index in [2.05, 4.69) is 57.2 Å². The molecule has 34 heavy (non-hydrogen) atoms. The van der Waals surface area contributed by atoms with Crippen molar-refractivity contribution >= 4 is 45.7 Å². The zero-order valence-corrected chi connectivity index (χ0v) is 20.8. The third kappa shape index (κ3) is 4.91. The number of aromatic nitrogens is 3. The number of hydrogen-bond donors (Lipinski definition) is 2. The molecule has 2 aromatic heterocycles. The van der Waals surface area contributed by atoms with E-state index in [0.29, 0.717) is 12.4 Å². The van der Waals surface area contributed by atoms with Crippen molar-refractivity contribution in [1.29, 1.82) is 0 Å². The van der Waals surface area contributed by atoms with Crippen LogP contribution in [0.25, 0.3) is 21.8 Å². The van der Waals surface area contributed by atoms with Crippen LogP contribution < -0.4 is 14.8 Å². The highest BCUT2D eigenvalue weighted by atomic mass is 35.5. The number of aromatic amines is 1. The Morgan fingerprint density at radius 1 is 1.03 bits per heavy atom. The molecule has 1 saturated heterocycles. The summed E-state index contributed by atoms with van der Waals surface area (Å²) in [6.45, 7) is 8.39. The van der Waals surface area contributed by atoms with Gasteiger partial charge in [0.25, 0.3) is 0 Å². The average Bonchev–Trinajstić information content (AvgIpc) is 3.44. The average molecular weight is 482 g/mol. The van der Waals surface area contributed by atoms with Gasteiger partial charge in [-0.25, -0.2) is 9.97 Å². The van der Waals surface area contributed by atoms with E-state index in [0.717, 1.165) is 46.6 Å². The molecule has 0 saturated carbocycles. The molecular formula is C26H32ClN5O2. The number of nitrogens with one attached hydrogen (secondary N) is 2. The zero-order valence-electron chi connectivity index (χ0n) is 20.0. The number of hydrogen-bond acceptors (Lipinski definition) is 6. The molecule has 180 valence electrons. The van der Waals surface area contributed by atoms with E-state index in [9.17, 15) is 0 Å². The van der Waals surface area contributed by atoms with E-state index in [1.165, 1.54) is 42.6 Å². The third-order valence-electron chi connectivity index (χ3n) is 6.57. The molecule has 0 unspecified atom stereocenters. The Labute approximate surface area is 206 Å². The number of methoxy groups -OCH3 is 1. The van der Waals surface area contributed by atoms with E-state index in [1.807, 2.05) is 12.1 Å². The SMILES string of the molecule is COc1cc2c(Nc3ccc4[nH]c(C)c(C)c4c3)ncnc2cc1OCCCN1CCCC1.Cl. The Morgan fingerprint density at radius 3 is 2.65 bits per heavy atom. The lowest BCUT2D eigenvalue weighted by Crippen LogP contribution is -2.21. The molecule has 5 rings (SSSR count). The molecule has 1 aliphatic heterocycles. The van der Waals surface area contributed by atoms with Crippen molar-refractivity contribution in [2.24, 2.45) is 0 Å². The molecule has 0 aliphatic carbocycles. The number of benzene rings is 2. The summed E-state index contributed by atoms with van der Waals surface area (Å²) in [6, 6.07) is 10.2. The maximum Gasteiger partial charge on any atom is 0.163 e. The highest BCUT2D eigenvalue weighted by molar-refractivity contribution is 5.94. The highest BCUT2D eigenvalue weighted by Crippen LogP contribution is 2.35. The van der Waals surface area contributed by atoms with Gasteiger partial charge in [0.15, 0.2) is 11.5 Å². The smallest absolute Gasteiger partial charge is 0.163 e.